The van der Waals surface area contributed by atoms with Crippen molar-refractivity contribution >= 4 is 22.0 Å². The maximum atomic E-state index is 12.1. The molecule has 8 nitrogen and oxygen atoms in total. The summed E-state index contributed by atoms with van der Waals surface area (Å²) in [6, 6.07) is 5.35. The fraction of sp³-hybridized carbons (Fsp3) is 0.467. The van der Waals surface area contributed by atoms with Crippen molar-refractivity contribution < 1.29 is 17.9 Å². The van der Waals surface area contributed by atoms with Gasteiger partial charge in [0.1, 0.15) is 0 Å². The van der Waals surface area contributed by atoms with Crippen molar-refractivity contribution in [1.29, 1.82) is 0 Å². The monoisotopic (exact) mass is 356 g/mol. The van der Waals surface area contributed by atoms with E-state index in [0.717, 1.165) is 13.0 Å². The lowest BCUT2D eigenvalue weighted by Gasteiger charge is -2.10. The Balaban J connectivity index is 2.72. The number of aliphatic imine (C=N–C) groups is 1. The molecule has 0 unspecified atom stereocenters. The van der Waals surface area contributed by atoms with E-state index in [-0.39, 0.29) is 16.5 Å². The zero-order valence-electron chi connectivity index (χ0n) is 14.2. The van der Waals surface area contributed by atoms with Gasteiger partial charge in [-0.25, -0.2) is 23.3 Å². The Morgan fingerprint density at radius 3 is 2.42 bits per heavy atom. The van der Waals surface area contributed by atoms with Gasteiger partial charge in [0.05, 0.1) is 10.5 Å². The highest BCUT2D eigenvalue weighted by Crippen LogP contribution is 2.09. The smallest absolute Gasteiger partial charge is 0.345 e. The number of esters is 1. The van der Waals surface area contributed by atoms with Crippen LogP contribution in [0.25, 0.3) is 0 Å². The van der Waals surface area contributed by atoms with Gasteiger partial charge in [0.2, 0.25) is 10.0 Å². The maximum Gasteiger partial charge on any atom is 0.345 e. The summed E-state index contributed by atoms with van der Waals surface area (Å²) in [5.41, 5.74) is 0.210. The third-order valence-corrected chi connectivity index (χ3v) is 3.88. The molecule has 24 heavy (non-hydrogen) atoms. The molecule has 0 atom stereocenters. The van der Waals surface area contributed by atoms with Crippen LogP contribution in [0.15, 0.2) is 34.2 Å². The second kappa shape index (κ2) is 9.36. The number of hydrogen-bond acceptors (Lipinski definition) is 6. The second-order valence-electron chi connectivity index (χ2n) is 5.33. The van der Waals surface area contributed by atoms with Crippen LogP contribution < -0.4 is 10.5 Å². The highest BCUT2D eigenvalue weighted by Gasteiger charge is 2.13. The molecule has 0 amide bonds. The maximum absolute atomic E-state index is 12.1. The number of nitrogens with two attached hydrogens (primary N) is 1. The first kappa shape index (κ1) is 20.1. The molecule has 1 aromatic carbocycles. The first-order chi connectivity index (χ1) is 11.2. The quantitative estimate of drug-likeness (QED) is 0.316. The molecule has 0 spiro atoms. The zero-order chi connectivity index (χ0) is 18.2. The van der Waals surface area contributed by atoms with E-state index in [1.165, 1.54) is 24.3 Å². The number of carbonyl (C=O) groups excluding carboxylic acids is 1. The van der Waals surface area contributed by atoms with Crippen LogP contribution in [0.4, 0.5) is 0 Å². The molecule has 1 rings (SSSR count). The Morgan fingerprint density at radius 1 is 1.29 bits per heavy atom. The molecule has 1 aromatic rings. The Bertz CT molecular complexity index is 669. The summed E-state index contributed by atoms with van der Waals surface area (Å²) < 4.78 is 27.6. The fourth-order valence-electron chi connectivity index (χ4n) is 1.77. The molecule has 0 saturated heterocycles. The lowest BCUT2D eigenvalue weighted by Crippen LogP contribution is -2.29. The van der Waals surface area contributed by atoms with Crippen molar-refractivity contribution in [2.24, 2.45) is 10.1 Å². The van der Waals surface area contributed by atoms with Gasteiger partial charge in [0, 0.05) is 13.1 Å². The van der Waals surface area contributed by atoms with Crippen molar-refractivity contribution in [2.45, 2.75) is 18.2 Å². The third-order valence-electron chi connectivity index (χ3n) is 2.95. The summed E-state index contributed by atoms with van der Waals surface area (Å²) in [4.78, 5) is 18.3. The molecule has 3 N–H and O–H groups in total. The molecule has 0 aliphatic heterocycles. The van der Waals surface area contributed by atoms with Gasteiger partial charge >= 0.3 is 5.97 Å². The molecular weight excluding hydrogens is 332 g/mol. The number of benzene rings is 1. The van der Waals surface area contributed by atoms with Crippen molar-refractivity contribution in [3.63, 3.8) is 0 Å². The van der Waals surface area contributed by atoms with Crippen LogP contribution in [0.5, 0.6) is 0 Å². The average Bonchev–Trinajstić information content (AvgIpc) is 2.50. The van der Waals surface area contributed by atoms with Crippen molar-refractivity contribution in [3.8, 4) is 0 Å². The first-order valence-electron chi connectivity index (χ1n) is 7.52. The van der Waals surface area contributed by atoms with Crippen LogP contribution in [-0.4, -0.2) is 59.0 Å². The molecule has 134 valence electrons. The van der Waals surface area contributed by atoms with E-state index in [1.54, 1.807) is 0 Å². The molecule has 0 aliphatic rings. The summed E-state index contributed by atoms with van der Waals surface area (Å²) in [6.07, 6.45) is 0.836. The molecule has 0 bridgehead atoms. The van der Waals surface area contributed by atoms with Crippen LogP contribution in [0, 0.1) is 0 Å². The number of primary sulfonamides is 1. The van der Waals surface area contributed by atoms with E-state index >= 15 is 0 Å². The van der Waals surface area contributed by atoms with Gasteiger partial charge in [-0.1, -0.05) is 0 Å². The third kappa shape index (κ3) is 7.07. The molecule has 0 saturated carbocycles. The van der Waals surface area contributed by atoms with Gasteiger partial charge in [-0.15, -0.1) is 0 Å². The lowest BCUT2D eigenvalue weighted by molar-refractivity contribution is 0.0707. The van der Waals surface area contributed by atoms with E-state index < -0.39 is 16.0 Å². The van der Waals surface area contributed by atoms with Crippen LogP contribution in [0.1, 0.15) is 23.7 Å². The second-order valence-corrected chi connectivity index (χ2v) is 6.89. The average molecular weight is 356 g/mol. The van der Waals surface area contributed by atoms with Gasteiger partial charge in [-0.05, 0) is 58.3 Å². The SMILES string of the molecule is CCNC(=NCCCN(C)C)OC(=O)c1ccc(S(N)(=O)=O)cc1. The number of nitrogens with zero attached hydrogens (tertiary/aromatic N) is 2. The van der Waals surface area contributed by atoms with Gasteiger partial charge in [-0.2, -0.15) is 0 Å². The minimum absolute atomic E-state index is 0.0664. The van der Waals surface area contributed by atoms with Gasteiger partial charge in [-0.3, -0.25) is 0 Å². The first-order valence-corrected chi connectivity index (χ1v) is 9.06. The topological polar surface area (TPSA) is 114 Å². The van der Waals surface area contributed by atoms with Gasteiger partial charge in [0.25, 0.3) is 6.02 Å². The van der Waals surface area contributed by atoms with Crippen molar-refractivity contribution in [3.05, 3.63) is 29.8 Å². The molecule has 0 radical (unpaired) electrons. The highest BCUT2D eigenvalue weighted by atomic mass is 32.2. The zero-order valence-corrected chi connectivity index (χ0v) is 15.0. The molecule has 9 heteroatoms. The number of rotatable bonds is 7. The summed E-state index contributed by atoms with van der Waals surface area (Å²) in [5, 5.41) is 7.90. The molecule has 0 heterocycles. The molecular formula is C15H24N4O4S. The Morgan fingerprint density at radius 2 is 1.92 bits per heavy atom. The van der Waals surface area contributed by atoms with E-state index in [9.17, 15) is 13.2 Å². The van der Waals surface area contributed by atoms with E-state index in [1.807, 2.05) is 25.9 Å². The van der Waals surface area contributed by atoms with Gasteiger partial charge < -0.3 is 15.0 Å². The van der Waals surface area contributed by atoms with Crippen LogP contribution in [0.2, 0.25) is 0 Å². The number of nitrogens with one attached hydrogen (secondary N) is 1. The number of amidine groups is 1. The minimum atomic E-state index is -3.79. The van der Waals surface area contributed by atoms with Gasteiger partial charge in [0.15, 0.2) is 0 Å². The number of sulfonamides is 1. The normalized spacial score (nSPS) is 12.3. The van der Waals surface area contributed by atoms with Crippen LogP contribution in [-0.2, 0) is 14.8 Å². The number of hydrogen-bond donors (Lipinski definition) is 2. The number of ether oxygens (including phenoxy) is 1. The van der Waals surface area contributed by atoms with Crippen LogP contribution >= 0.6 is 0 Å². The molecule has 0 fully saturated rings. The van der Waals surface area contributed by atoms with E-state index in [0.29, 0.717) is 13.1 Å². The predicted molar refractivity (Wildman–Crippen MR) is 92.4 cm³/mol. The Labute approximate surface area is 142 Å². The number of carbonyl (C=O) groups is 1. The predicted octanol–water partition coefficient (Wildman–Crippen LogP) is 0.408. The summed E-state index contributed by atoms with van der Waals surface area (Å²) >= 11 is 0. The fourth-order valence-corrected chi connectivity index (χ4v) is 2.29. The minimum Gasteiger partial charge on any atom is -0.389 e. The Kier molecular flexibility index (Phi) is 7.83. The lowest BCUT2D eigenvalue weighted by atomic mass is 10.2. The highest BCUT2D eigenvalue weighted by molar-refractivity contribution is 7.89. The summed E-state index contributed by atoms with van der Waals surface area (Å²) in [7, 11) is 0.154. The standard InChI is InChI=1S/C15H24N4O4S/c1-4-17-15(18-10-5-11-19(2)3)23-14(20)12-6-8-13(9-7-12)24(16,21)22/h6-9H,4-5,10-11H2,1-3H3,(H,17,18)(H2,16,21,22). The van der Waals surface area contributed by atoms with E-state index in [2.05, 4.69) is 10.3 Å². The van der Waals surface area contributed by atoms with Crippen LogP contribution in [0.3, 0.4) is 0 Å². The summed E-state index contributed by atoms with van der Waals surface area (Å²) in [6.45, 7) is 3.83. The largest absolute Gasteiger partial charge is 0.389 e. The Hall–Kier alpha value is -1.97. The summed E-state index contributed by atoms with van der Waals surface area (Å²) in [5.74, 6) is -0.622. The van der Waals surface area contributed by atoms with Crippen molar-refractivity contribution in [2.75, 3.05) is 33.7 Å². The molecule has 0 aromatic heterocycles. The van der Waals surface area contributed by atoms with Crippen molar-refractivity contribution in [1.82, 2.24) is 10.2 Å². The van der Waals surface area contributed by atoms with E-state index in [4.69, 9.17) is 9.88 Å². The molecule has 0 aliphatic carbocycles.